The first-order valence-electron chi connectivity index (χ1n) is 5.94. The second-order valence-corrected chi connectivity index (χ2v) is 4.28. The number of phenols is 1. The molecule has 6 nitrogen and oxygen atoms in total. The number of carbonyl (C=O) groups is 2. The molecule has 1 unspecified atom stereocenters. The fourth-order valence-corrected chi connectivity index (χ4v) is 1.58. The summed E-state index contributed by atoms with van der Waals surface area (Å²) in [6.07, 6.45) is 5.16. The molecular weight excluding hydrogens is 260 g/mol. The van der Waals surface area contributed by atoms with Gasteiger partial charge in [-0.2, -0.15) is 0 Å². The highest BCUT2D eigenvalue weighted by Crippen LogP contribution is 2.11. The highest BCUT2D eigenvalue weighted by atomic mass is 16.4. The molecule has 0 aliphatic rings. The Morgan fingerprint density at radius 2 is 1.95 bits per heavy atom. The van der Waals surface area contributed by atoms with Crippen LogP contribution in [0.4, 0.5) is 0 Å². The lowest BCUT2D eigenvalue weighted by atomic mass is 10.1. The third kappa shape index (κ3) is 4.63. The minimum Gasteiger partial charge on any atom is -0.508 e. The smallest absolute Gasteiger partial charge is 0.327 e. The molecule has 1 rings (SSSR count). The fraction of sp³-hybridized carbons (Fsp3) is 0.286. The summed E-state index contributed by atoms with van der Waals surface area (Å²) in [5.74, 6) is 0.519. The first kappa shape index (κ1) is 15.5. The molecular formula is C14H16N2O4. The molecule has 0 saturated heterocycles. The molecule has 1 aromatic rings. The third-order valence-electron chi connectivity index (χ3n) is 2.67. The number of carboxylic acid groups (broad SMARTS) is 1. The number of aliphatic carboxylic acids is 1. The Labute approximate surface area is 116 Å². The molecule has 6 heteroatoms. The maximum absolute atomic E-state index is 11.8. The molecule has 0 fully saturated rings. The van der Waals surface area contributed by atoms with E-state index >= 15 is 0 Å². The highest BCUT2D eigenvalue weighted by Gasteiger charge is 2.22. The molecule has 106 valence electrons. The molecule has 1 amide bonds. The molecule has 2 atom stereocenters. The van der Waals surface area contributed by atoms with Crippen molar-refractivity contribution in [1.29, 1.82) is 0 Å². The molecule has 0 saturated carbocycles. The molecule has 0 aromatic heterocycles. The first-order chi connectivity index (χ1) is 9.43. The Bertz CT molecular complexity index is 519. The van der Waals surface area contributed by atoms with E-state index in [1.807, 2.05) is 0 Å². The van der Waals surface area contributed by atoms with Gasteiger partial charge in [0.1, 0.15) is 11.8 Å². The summed E-state index contributed by atoms with van der Waals surface area (Å²) in [5, 5.41) is 20.3. The number of nitrogens with one attached hydrogen (secondary N) is 1. The van der Waals surface area contributed by atoms with E-state index in [1.54, 1.807) is 12.1 Å². The van der Waals surface area contributed by atoms with Crippen LogP contribution < -0.4 is 11.1 Å². The average Bonchev–Trinajstić information content (AvgIpc) is 2.40. The molecule has 0 aliphatic heterocycles. The Morgan fingerprint density at radius 1 is 1.35 bits per heavy atom. The van der Waals surface area contributed by atoms with E-state index in [0.29, 0.717) is 0 Å². The number of terminal acetylenes is 1. The minimum absolute atomic E-state index is 0.104. The zero-order valence-corrected chi connectivity index (χ0v) is 10.7. The van der Waals surface area contributed by atoms with Crippen molar-refractivity contribution < 1.29 is 19.8 Å². The number of amides is 1. The lowest BCUT2D eigenvalue weighted by Crippen LogP contribution is -2.49. The van der Waals surface area contributed by atoms with Gasteiger partial charge in [-0.3, -0.25) is 4.79 Å². The van der Waals surface area contributed by atoms with E-state index in [9.17, 15) is 9.59 Å². The Balaban J connectivity index is 2.60. The number of carboxylic acids is 1. The van der Waals surface area contributed by atoms with Crippen molar-refractivity contribution in [3.05, 3.63) is 29.8 Å². The summed E-state index contributed by atoms with van der Waals surface area (Å²) in [4.78, 5) is 22.7. The summed E-state index contributed by atoms with van der Waals surface area (Å²) in [5.41, 5.74) is 6.47. The summed E-state index contributed by atoms with van der Waals surface area (Å²) < 4.78 is 0. The van der Waals surface area contributed by atoms with Crippen molar-refractivity contribution in [2.24, 2.45) is 5.73 Å². The fourth-order valence-electron chi connectivity index (χ4n) is 1.58. The van der Waals surface area contributed by atoms with Crippen molar-refractivity contribution in [3.63, 3.8) is 0 Å². The first-order valence-corrected chi connectivity index (χ1v) is 5.94. The van der Waals surface area contributed by atoms with Gasteiger partial charge < -0.3 is 21.3 Å². The van der Waals surface area contributed by atoms with Gasteiger partial charge in [0.15, 0.2) is 0 Å². The van der Waals surface area contributed by atoms with Crippen molar-refractivity contribution in [3.8, 4) is 18.1 Å². The Kier molecular flexibility index (Phi) is 5.56. The molecule has 20 heavy (non-hydrogen) atoms. The molecule has 0 heterocycles. The van der Waals surface area contributed by atoms with Gasteiger partial charge in [0, 0.05) is 6.42 Å². The summed E-state index contributed by atoms with van der Waals surface area (Å²) in [6, 6.07) is 4.21. The number of phenolic OH excluding ortho intramolecular Hbond substituents is 1. The second-order valence-electron chi connectivity index (χ2n) is 4.28. The minimum atomic E-state index is -1.20. The third-order valence-corrected chi connectivity index (χ3v) is 2.67. The van der Waals surface area contributed by atoms with Crippen LogP contribution in [0.3, 0.4) is 0 Å². The number of aromatic hydroxyl groups is 1. The predicted molar refractivity (Wildman–Crippen MR) is 72.8 cm³/mol. The van der Waals surface area contributed by atoms with Crippen molar-refractivity contribution >= 4 is 11.9 Å². The predicted octanol–water partition coefficient (Wildman–Crippen LogP) is -0.145. The monoisotopic (exact) mass is 276 g/mol. The maximum atomic E-state index is 11.8. The lowest BCUT2D eigenvalue weighted by Gasteiger charge is -2.16. The normalized spacial score (nSPS) is 13.0. The highest BCUT2D eigenvalue weighted by molar-refractivity contribution is 5.87. The van der Waals surface area contributed by atoms with Crippen LogP contribution in [0.2, 0.25) is 0 Å². The topological polar surface area (TPSA) is 113 Å². The summed E-state index contributed by atoms with van der Waals surface area (Å²) in [6.45, 7) is 0. The Morgan fingerprint density at radius 3 is 2.45 bits per heavy atom. The van der Waals surface area contributed by atoms with Crippen LogP contribution in [-0.4, -0.2) is 34.2 Å². The number of hydrogen-bond acceptors (Lipinski definition) is 4. The molecule has 0 aliphatic carbocycles. The van der Waals surface area contributed by atoms with Gasteiger partial charge in [0.2, 0.25) is 5.91 Å². The van der Waals surface area contributed by atoms with Crippen molar-refractivity contribution in [2.45, 2.75) is 24.9 Å². The van der Waals surface area contributed by atoms with Crippen LogP contribution in [0.15, 0.2) is 24.3 Å². The van der Waals surface area contributed by atoms with Gasteiger partial charge >= 0.3 is 5.97 Å². The van der Waals surface area contributed by atoms with E-state index in [-0.39, 0.29) is 18.6 Å². The van der Waals surface area contributed by atoms with Gasteiger partial charge in [0.25, 0.3) is 0 Å². The van der Waals surface area contributed by atoms with Crippen LogP contribution >= 0.6 is 0 Å². The van der Waals surface area contributed by atoms with Gasteiger partial charge in [-0.25, -0.2) is 4.79 Å². The van der Waals surface area contributed by atoms with E-state index in [4.69, 9.17) is 22.4 Å². The molecule has 5 N–H and O–H groups in total. The summed E-state index contributed by atoms with van der Waals surface area (Å²) in [7, 11) is 0. The van der Waals surface area contributed by atoms with E-state index in [2.05, 4.69) is 11.2 Å². The summed E-state index contributed by atoms with van der Waals surface area (Å²) >= 11 is 0. The van der Waals surface area contributed by atoms with Gasteiger partial charge in [0.05, 0.1) is 6.04 Å². The Hall–Kier alpha value is -2.52. The second kappa shape index (κ2) is 7.16. The standard InChI is InChI=1S/C14H16N2O4/c1-2-3-12(14(19)20)16-13(18)11(15)8-9-4-6-10(17)7-5-9/h1,4-7,11-12,17H,3,8,15H2,(H,16,18)(H,19,20)/t11-,12?/m1/s1. The zero-order chi connectivity index (χ0) is 15.1. The van der Waals surface area contributed by atoms with Crippen LogP contribution in [0.5, 0.6) is 5.75 Å². The molecule has 0 radical (unpaired) electrons. The SMILES string of the molecule is C#CCC(NC(=O)[C@H](N)Cc1ccc(O)cc1)C(=O)O. The molecule has 0 bridgehead atoms. The number of nitrogens with two attached hydrogens (primary N) is 1. The van der Waals surface area contributed by atoms with E-state index in [0.717, 1.165) is 5.56 Å². The number of hydrogen-bond donors (Lipinski definition) is 4. The van der Waals surface area contributed by atoms with Crippen molar-refractivity contribution in [1.82, 2.24) is 5.32 Å². The van der Waals surface area contributed by atoms with Crippen molar-refractivity contribution in [2.75, 3.05) is 0 Å². The van der Waals surface area contributed by atoms with E-state index in [1.165, 1.54) is 12.1 Å². The van der Waals surface area contributed by atoms with Crippen LogP contribution in [0.25, 0.3) is 0 Å². The number of rotatable bonds is 6. The number of carbonyl (C=O) groups excluding carboxylic acids is 1. The zero-order valence-electron chi connectivity index (χ0n) is 10.7. The van der Waals surface area contributed by atoms with Crippen LogP contribution in [0.1, 0.15) is 12.0 Å². The largest absolute Gasteiger partial charge is 0.508 e. The van der Waals surface area contributed by atoms with Gasteiger partial charge in [-0.1, -0.05) is 12.1 Å². The number of benzene rings is 1. The maximum Gasteiger partial charge on any atom is 0.327 e. The average molecular weight is 276 g/mol. The lowest BCUT2D eigenvalue weighted by molar-refractivity contribution is -0.141. The van der Waals surface area contributed by atoms with Crippen LogP contribution in [-0.2, 0) is 16.0 Å². The van der Waals surface area contributed by atoms with E-state index < -0.39 is 24.0 Å². The van der Waals surface area contributed by atoms with Gasteiger partial charge in [-0.15, -0.1) is 12.3 Å². The quantitative estimate of drug-likeness (QED) is 0.540. The molecule has 1 aromatic carbocycles. The van der Waals surface area contributed by atoms with Crippen LogP contribution in [0, 0.1) is 12.3 Å². The van der Waals surface area contributed by atoms with Gasteiger partial charge in [-0.05, 0) is 24.1 Å². The molecule has 0 spiro atoms.